The van der Waals surface area contributed by atoms with Crippen molar-refractivity contribution in [1.82, 2.24) is 24.5 Å². The lowest BCUT2D eigenvalue weighted by atomic mass is 10.0. The first-order chi connectivity index (χ1) is 17.1. The van der Waals surface area contributed by atoms with Gasteiger partial charge in [0.2, 0.25) is 5.91 Å². The highest BCUT2D eigenvalue weighted by Crippen LogP contribution is 2.27. The second kappa shape index (κ2) is 8.95. The van der Waals surface area contributed by atoms with E-state index in [1.54, 1.807) is 41.6 Å². The molecule has 4 heterocycles. The molecule has 5 rings (SSSR count). The van der Waals surface area contributed by atoms with Crippen LogP contribution in [-0.2, 0) is 24.2 Å². The summed E-state index contributed by atoms with van der Waals surface area (Å²) >= 11 is 0. The zero-order valence-electron chi connectivity index (χ0n) is 18.7. The van der Waals surface area contributed by atoms with Gasteiger partial charge < -0.3 is 15.4 Å². The van der Waals surface area contributed by atoms with Gasteiger partial charge in [0, 0.05) is 31.3 Å². The molecule has 1 aliphatic rings. The molecule has 0 bridgehead atoms. The third kappa shape index (κ3) is 4.97. The number of carbonyl (C=O) groups excluding carboxylic acids is 2. The van der Waals surface area contributed by atoms with E-state index in [1.807, 2.05) is 0 Å². The Labute approximate surface area is 202 Å². The number of fused-ring (bicyclic) bond motifs is 2. The van der Waals surface area contributed by atoms with Crippen LogP contribution in [0.2, 0.25) is 0 Å². The highest BCUT2D eigenvalue weighted by molar-refractivity contribution is 5.97. The quantitative estimate of drug-likeness (QED) is 0.439. The van der Waals surface area contributed by atoms with Crippen molar-refractivity contribution in [1.29, 1.82) is 0 Å². The smallest absolute Gasteiger partial charge is 0.406 e. The van der Waals surface area contributed by atoms with E-state index in [0.717, 1.165) is 0 Å². The van der Waals surface area contributed by atoms with Crippen molar-refractivity contribution >= 4 is 17.5 Å². The molecule has 184 valence electrons. The average molecular weight is 496 g/mol. The van der Waals surface area contributed by atoms with Crippen molar-refractivity contribution in [2.75, 3.05) is 6.54 Å². The van der Waals surface area contributed by atoms with Crippen LogP contribution in [0.1, 0.15) is 27.3 Å². The lowest BCUT2D eigenvalue weighted by molar-refractivity contribution is -0.274. The van der Waals surface area contributed by atoms with E-state index in [2.05, 4.69) is 19.8 Å². The summed E-state index contributed by atoms with van der Waals surface area (Å²) in [5.74, 6) is -1.12. The van der Waals surface area contributed by atoms with Gasteiger partial charge in [-0.15, -0.1) is 13.2 Å². The summed E-state index contributed by atoms with van der Waals surface area (Å²) in [6, 6.07) is 10.7. The first kappa shape index (κ1) is 23.3. The van der Waals surface area contributed by atoms with E-state index in [-0.39, 0.29) is 24.6 Å². The monoisotopic (exact) mass is 496 g/mol. The van der Waals surface area contributed by atoms with Crippen LogP contribution in [0.4, 0.5) is 13.2 Å². The molecule has 0 saturated carbocycles. The van der Waals surface area contributed by atoms with Gasteiger partial charge in [0.25, 0.3) is 5.91 Å². The Morgan fingerprint density at radius 3 is 2.78 bits per heavy atom. The van der Waals surface area contributed by atoms with Gasteiger partial charge in [-0.3, -0.25) is 14.6 Å². The Hall–Kier alpha value is -4.48. The van der Waals surface area contributed by atoms with Gasteiger partial charge >= 0.3 is 6.36 Å². The highest BCUT2D eigenvalue weighted by Gasteiger charge is 2.31. The fraction of sp³-hybridized carbons (Fsp3) is 0.208. The molecule has 1 aliphatic heterocycles. The largest absolute Gasteiger partial charge is 0.573 e. The SMILES string of the molecule is NC(=O)Cc1cn2nc(-c3cnc4c(c3)C(=O)N(Cc3cccc(OC(F)(F)F)c3)CC4)ccc2n1. The lowest BCUT2D eigenvalue weighted by Crippen LogP contribution is -2.37. The highest BCUT2D eigenvalue weighted by atomic mass is 19.4. The molecule has 1 aromatic carbocycles. The molecular weight excluding hydrogens is 477 g/mol. The molecule has 36 heavy (non-hydrogen) atoms. The maximum absolute atomic E-state index is 13.2. The van der Waals surface area contributed by atoms with E-state index in [0.29, 0.717) is 52.4 Å². The van der Waals surface area contributed by atoms with Gasteiger partial charge in [-0.05, 0) is 35.9 Å². The third-order valence-electron chi connectivity index (χ3n) is 5.63. The second-order valence-electron chi connectivity index (χ2n) is 8.29. The number of pyridine rings is 1. The maximum Gasteiger partial charge on any atom is 0.573 e. The molecule has 0 saturated heterocycles. The molecule has 9 nitrogen and oxygen atoms in total. The number of rotatable bonds is 6. The van der Waals surface area contributed by atoms with Gasteiger partial charge in [0.15, 0.2) is 5.65 Å². The van der Waals surface area contributed by atoms with Crippen LogP contribution in [0.3, 0.4) is 0 Å². The Kier molecular flexibility index (Phi) is 5.78. The Morgan fingerprint density at radius 2 is 2.00 bits per heavy atom. The summed E-state index contributed by atoms with van der Waals surface area (Å²) in [4.78, 5) is 34.7. The summed E-state index contributed by atoms with van der Waals surface area (Å²) in [6.45, 7) is 0.504. The van der Waals surface area contributed by atoms with Crippen LogP contribution < -0.4 is 10.5 Å². The molecule has 4 aromatic rings. The number of imidazole rings is 1. The van der Waals surface area contributed by atoms with Crippen LogP contribution in [-0.4, -0.2) is 49.2 Å². The molecule has 0 unspecified atom stereocenters. The maximum atomic E-state index is 13.2. The van der Waals surface area contributed by atoms with Gasteiger partial charge in [0.1, 0.15) is 5.75 Å². The molecule has 2 amide bonds. The fourth-order valence-corrected chi connectivity index (χ4v) is 4.09. The minimum atomic E-state index is -4.79. The summed E-state index contributed by atoms with van der Waals surface area (Å²) in [5, 5.41) is 4.50. The molecule has 0 spiro atoms. The fourth-order valence-electron chi connectivity index (χ4n) is 4.09. The molecule has 0 aliphatic carbocycles. The van der Waals surface area contributed by atoms with E-state index in [1.165, 1.54) is 22.7 Å². The number of primary amides is 1. The number of aromatic nitrogens is 4. The average Bonchev–Trinajstić information content (AvgIpc) is 3.20. The van der Waals surface area contributed by atoms with E-state index in [4.69, 9.17) is 5.73 Å². The number of hydrogen-bond acceptors (Lipinski definition) is 6. The molecular formula is C24H19F3N6O3. The van der Waals surface area contributed by atoms with Crippen molar-refractivity contribution in [3.05, 3.63) is 77.4 Å². The number of amides is 2. The van der Waals surface area contributed by atoms with Crippen molar-refractivity contribution in [2.45, 2.75) is 25.7 Å². The number of benzene rings is 1. The Morgan fingerprint density at radius 1 is 1.17 bits per heavy atom. The second-order valence-corrected chi connectivity index (χ2v) is 8.29. The number of alkyl halides is 3. The minimum absolute atomic E-state index is 0.00529. The van der Waals surface area contributed by atoms with Crippen LogP contribution in [0.25, 0.3) is 16.9 Å². The van der Waals surface area contributed by atoms with Crippen molar-refractivity contribution in [2.24, 2.45) is 5.73 Å². The number of halogens is 3. The number of hydrogen-bond donors (Lipinski definition) is 1. The van der Waals surface area contributed by atoms with Crippen LogP contribution in [0, 0.1) is 0 Å². The predicted molar refractivity (Wildman–Crippen MR) is 121 cm³/mol. The topological polar surface area (TPSA) is 116 Å². The van der Waals surface area contributed by atoms with Gasteiger partial charge in [-0.1, -0.05) is 12.1 Å². The van der Waals surface area contributed by atoms with E-state index >= 15 is 0 Å². The summed E-state index contributed by atoms with van der Waals surface area (Å²) in [6.07, 6.45) is -1.05. The van der Waals surface area contributed by atoms with Crippen molar-refractivity contribution < 1.29 is 27.5 Å². The van der Waals surface area contributed by atoms with Crippen molar-refractivity contribution in [3.63, 3.8) is 0 Å². The summed E-state index contributed by atoms with van der Waals surface area (Å²) in [5.41, 5.74) is 8.98. The lowest BCUT2D eigenvalue weighted by Gasteiger charge is -2.28. The molecule has 3 aromatic heterocycles. The van der Waals surface area contributed by atoms with Crippen LogP contribution in [0.5, 0.6) is 5.75 Å². The first-order valence-electron chi connectivity index (χ1n) is 10.9. The van der Waals surface area contributed by atoms with Crippen LogP contribution >= 0.6 is 0 Å². The zero-order chi connectivity index (χ0) is 25.4. The first-order valence-corrected chi connectivity index (χ1v) is 10.9. The summed E-state index contributed by atoms with van der Waals surface area (Å²) < 4.78 is 43.2. The van der Waals surface area contributed by atoms with E-state index in [9.17, 15) is 22.8 Å². The van der Waals surface area contributed by atoms with Crippen molar-refractivity contribution in [3.8, 4) is 17.0 Å². The summed E-state index contributed by atoms with van der Waals surface area (Å²) in [7, 11) is 0. The van der Waals surface area contributed by atoms with Gasteiger partial charge in [-0.2, -0.15) is 5.10 Å². The number of ether oxygens (including phenoxy) is 1. The number of nitrogens with two attached hydrogens (primary N) is 1. The number of carbonyl (C=O) groups is 2. The predicted octanol–water partition coefficient (Wildman–Crippen LogP) is 2.92. The minimum Gasteiger partial charge on any atom is -0.406 e. The van der Waals surface area contributed by atoms with E-state index < -0.39 is 12.3 Å². The normalized spacial score (nSPS) is 13.6. The Bertz CT molecular complexity index is 1480. The van der Waals surface area contributed by atoms with Gasteiger partial charge in [-0.25, -0.2) is 9.50 Å². The molecule has 12 heteroatoms. The third-order valence-corrected chi connectivity index (χ3v) is 5.63. The molecule has 0 radical (unpaired) electrons. The standard InChI is InChI=1S/C24H19F3N6O3/c25-24(26,27)36-17-3-1-2-14(8-17)12-32-7-6-20-18(23(32)35)9-15(11-29-20)19-4-5-22-30-16(10-21(28)34)13-33(22)31-19/h1-5,8-9,11,13H,6-7,10,12H2,(H2,28,34). The Balaban J connectivity index is 1.38. The molecule has 0 fully saturated rings. The molecule has 0 atom stereocenters. The molecule has 2 N–H and O–H groups in total. The van der Waals surface area contributed by atoms with Gasteiger partial charge in [0.05, 0.1) is 35.3 Å². The zero-order valence-corrected chi connectivity index (χ0v) is 18.7. The number of nitrogens with zero attached hydrogens (tertiary/aromatic N) is 5. The van der Waals surface area contributed by atoms with Crippen LogP contribution in [0.15, 0.2) is 54.9 Å².